The largest absolute Gasteiger partial charge is 0.368 e. The van der Waals surface area contributed by atoms with Crippen molar-refractivity contribution in [1.82, 2.24) is 19.9 Å². The van der Waals surface area contributed by atoms with Gasteiger partial charge in [-0.25, -0.2) is 9.97 Å². The molecule has 0 fully saturated rings. The number of nitrogens with one attached hydrogen (secondary N) is 1. The first-order chi connectivity index (χ1) is 8.83. The van der Waals surface area contributed by atoms with Crippen LogP contribution in [0.4, 0.5) is 5.95 Å². The molecule has 7 heteroatoms. The van der Waals surface area contributed by atoms with Gasteiger partial charge in [-0.05, 0) is 22.9 Å². The number of nitrogens with two attached hydrogens (primary N) is 1. The van der Waals surface area contributed by atoms with Crippen molar-refractivity contribution in [2.75, 3.05) is 5.73 Å². The number of nitrogens with zero attached hydrogens (tertiary/aromatic N) is 3. The molecular formula is C11H9N5S2. The van der Waals surface area contributed by atoms with E-state index in [0.29, 0.717) is 5.65 Å². The maximum Gasteiger partial charge on any atom is 0.223 e. The molecule has 3 aromatic rings. The fraction of sp³-hybridized carbons (Fsp3) is 0. The van der Waals surface area contributed by atoms with E-state index in [-0.39, 0.29) is 5.95 Å². The Hall–Kier alpha value is -1.73. The average Bonchev–Trinajstić information content (AvgIpc) is 2.85. The van der Waals surface area contributed by atoms with Crippen molar-refractivity contribution in [3.8, 4) is 0 Å². The summed E-state index contributed by atoms with van der Waals surface area (Å²) < 4.78 is 0. The smallest absolute Gasteiger partial charge is 0.223 e. The first-order valence-electron chi connectivity index (χ1n) is 5.19. The van der Waals surface area contributed by atoms with Crippen LogP contribution >= 0.6 is 21.6 Å². The number of aromatic amines is 1. The Morgan fingerprint density at radius 1 is 1.06 bits per heavy atom. The van der Waals surface area contributed by atoms with Gasteiger partial charge in [-0.1, -0.05) is 29.0 Å². The van der Waals surface area contributed by atoms with Crippen LogP contribution in [0, 0.1) is 0 Å². The van der Waals surface area contributed by atoms with E-state index in [0.717, 1.165) is 15.4 Å². The Morgan fingerprint density at radius 3 is 2.72 bits per heavy atom. The normalized spacial score (nSPS) is 10.9. The minimum absolute atomic E-state index is 0.241. The van der Waals surface area contributed by atoms with Gasteiger partial charge in [-0.2, -0.15) is 4.98 Å². The highest BCUT2D eigenvalue weighted by Crippen LogP contribution is 2.38. The van der Waals surface area contributed by atoms with E-state index in [1.807, 2.05) is 30.3 Å². The van der Waals surface area contributed by atoms with Crippen LogP contribution in [0.25, 0.3) is 11.2 Å². The van der Waals surface area contributed by atoms with Crippen LogP contribution in [0.15, 0.2) is 46.6 Å². The molecule has 0 aliphatic heterocycles. The van der Waals surface area contributed by atoms with Gasteiger partial charge in [0.1, 0.15) is 10.5 Å². The second-order valence-corrected chi connectivity index (χ2v) is 5.66. The zero-order valence-electron chi connectivity index (χ0n) is 9.20. The maximum absolute atomic E-state index is 5.65. The zero-order valence-corrected chi connectivity index (χ0v) is 10.8. The summed E-state index contributed by atoms with van der Waals surface area (Å²) >= 11 is 0. The molecule has 90 valence electrons. The van der Waals surface area contributed by atoms with Crippen molar-refractivity contribution < 1.29 is 0 Å². The van der Waals surface area contributed by atoms with Crippen LogP contribution in [0.3, 0.4) is 0 Å². The number of benzene rings is 1. The highest BCUT2D eigenvalue weighted by Gasteiger charge is 2.09. The predicted molar refractivity (Wildman–Crippen MR) is 74.3 cm³/mol. The van der Waals surface area contributed by atoms with Crippen LogP contribution in [0.5, 0.6) is 0 Å². The lowest BCUT2D eigenvalue weighted by atomic mass is 10.4. The van der Waals surface area contributed by atoms with Crippen molar-refractivity contribution in [3.05, 3.63) is 36.7 Å². The van der Waals surface area contributed by atoms with Crippen molar-refractivity contribution >= 4 is 38.7 Å². The Balaban J connectivity index is 1.88. The van der Waals surface area contributed by atoms with Gasteiger partial charge in [0, 0.05) is 4.90 Å². The molecule has 2 heterocycles. The van der Waals surface area contributed by atoms with Gasteiger partial charge in [0.2, 0.25) is 5.95 Å². The molecule has 0 spiro atoms. The summed E-state index contributed by atoms with van der Waals surface area (Å²) in [5.41, 5.74) is 7.07. The van der Waals surface area contributed by atoms with Gasteiger partial charge >= 0.3 is 0 Å². The number of anilines is 1. The maximum atomic E-state index is 5.65. The lowest BCUT2D eigenvalue weighted by molar-refractivity contribution is 1.11. The number of nitrogen functional groups attached to an aromatic ring is 1. The predicted octanol–water partition coefficient (Wildman–Crippen LogP) is 2.73. The van der Waals surface area contributed by atoms with Crippen molar-refractivity contribution in [2.45, 2.75) is 9.92 Å². The zero-order chi connectivity index (χ0) is 12.4. The molecule has 0 amide bonds. The van der Waals surface area contributed by atoms with Gasteiger partial charge in [-0.3, -0.25) is 0 Å². The fourth-order valence-corrected chi connectivity index (χ4v) is 3.47. The van der Waals surface area contributed by atoms with Gasteiger partial charge in [0.15, 0.2) is 5.65 Å². The fourth-order valence-electron chi connectivity index (χ4n) is 1.45. The van der Waals surface area contributed by atoms with Gasteiger partial charge in [0.25, 0.3) is 0 Å². The van der Waals surface area contributed by atoms with Crippen LogP contribution < -0.4 is 5.73 Å². The summed E-state index contributed by atoms with van der Waals surface area (Å²) in [5.74, 6) is 0.241. The second-order valence-electron chi connectivity index (χ2n) is 3.47. The molecule has 0 aliphatic carbocycles. The molecule has 2 aromatic heterocycles. The molecule has 1 aromatic carbocycles. The number of H-pyrrole nitrogens is 1. The third-order valence-electron chi connectivity index (χ3n) is 2.23. The Morgan fingerprint density at radius 2 is 1.89 bits per heavy atom. The number of hydrogen-bond acceptors (Lipinski definition) is 6. The van der Waals surface area contributed by atoms with Crippen LogP contribution in [-0.4, -0.2) is 19.9 Å². The molecule has 3 N–H and O–H groups in total. The highest BCUT2D eigenvalue weighted by molar-refractivity contribution is 8.76. The molecule has 0 saturated heterocycles. The summed E-state index contributed by atoms with van der Waals surface area (Å²) in [7, 11) is 3.16. The van der Waals surface area contributed by atoms with Gasteiger partial charge in [-0.15, -0.1) is 0 Å². The average molecular weight is 275 g/mol. The number of aromatic nitrogens is 4. The van der Waals surface area contributed by atoms with Gasteiger partial charge < -0.3 is 10.7 Å². The number of fused-ring (bicyclic) bond motifs is 1. The first-order valence-corrected chi connectivity index (χ1v) is 7.34. The third kappa shape index (κ3) is 2.27. The monoisotopic (exact) mass is 275 g/mol. The van der Waals surface area contributed by atoms with E-state index in [9.17, 15) is 0 Å². The molecular weight excluding hydrogens is 266 g/mol. The highest BCUT2D eigenvalue weighted by atomic mass is 33.1. The topological polar surface area (TPSA) is 80.5 Å². The minimum Gasteiger partial charge on any atom is -0.368 e. The molecule has 5 nitrogen and oxygen atoms in total. The summed E-state index contributed by atoms with van der Waals surface area (Å²) in [6.45, 7) is 0. The Labute approximate surface area is 111 Å². The molecule has 0 bridgehead atoms. The summed E-state index contributed by atoms with van der Waals surface area (Å²) in [5, 5.41) is 0.795. The first kappa shape index (κ1) is 11.4. The molecule has 0 atom stereocenters. The van der Waals surface area contributed by atoms with Gasteiger partial charge in [0.05, 0.1) is 6.33 Å². The third-order valence-corrected chi connectivity index (χ3v) is 4.53. The van der Waals surface area contributed by atoms with E-state index < -0.39 is 0 Å². The summed E-state index contributed by atoms with van der Waals surface area (Å²) in [6.07, 6.45) is 1.59. The van der Waals surface area contributed by atoms with Crippen molar-refractivity contribution in [1.29, 1.82) is 0 Å². The molecule has 3 rings (SSSR count). The molecule has 18 heavy (non-hydrogen) atoms. The van der Waals surface area contributed by atoms with Crippen LogP contribution in [0.1, 0.15) is 0 Å². The Bertz CT molecular complexity index is 668. The quantitative estimate of drug-likeness (QED) is 0.565. The van der Waals surface area contributed by atoms with E-state index in [4.69, 9.17) is 5.73 Å². The number of rotatable bonds is 3. The van der Waals surface area contributed by atoms with Crippen LogP contribution in [-0.2, 0) is 0 Å². The molecule has 0 radical (unpaired) electrons. The number of hydrogen-bond donors (Lipinski definition) is 2. The molecule has 0 unspecified atom stereocenters. The number of imidazole rings is 1. The van der Waals surface area contributed by atoms with E-state index >= 15 is 0 Å². The van der Waals surface area contributed by atoms with E-state index in [2.05, 4.69) is 19.9 Å². The van der Waals surface area contributed by atoms with Crippen molar-refractivity contribution in [3.63, 3.8) is 0 Å². The minimum atomic E-state index is 0.241. The molecule has 0 saturated carbocycles. The lowest BCUT2D eigenvalue weighted by Crippen LogP contribution is -1.96. The van der Waals surface area contributed by atoms with E-state index in [1.54, 1.807) is 17.1 Å². The standard InChI is InChI=1S/C11H9N5S2/c12-11-15-9-8(13-6-14-9)10(16-11)18-17-7-4-2-1-3-5-7/h1-6H,(H3,12,13,14,15,16). The van der Waals surface area contributed by atoms with E-state index in [1.165, 1.54) is 10.8 Å². The summed E-state index contributed by atoms with van der Waals surface area (Å²) in [6, 6.07) is 10.1. The summed E-state index contributed by atoms with van der Waals surface area (Å²) in [4.78, 5) is 16.6. The molecule has 0 aliphatic rings. The Kier molecular flexibility index (Phi) is 3.07. The van der Waals surface area contributed by atoms with Crippen molar-refractivity contribution in [2.24, 2.45) is 0 Å². The SMILES string of the molecule is Nc1nc(SSc2ccccc2)c2[nH]cnc2n1. The lowest BCUT2D eigenvalue weighted by Gasteiger charge is -2.02. The second kappa shape index (κ2) is 4.87. The van der Waals surface area contributed by atoms with Crippen LogP contribution in [0.2, 0.25) is 0 Å².